The number of nitrogens with one attached hydrogen (secondary N) is 1. The number of likely N-dealkylation sites (tertiary alicyclic amines) is 1. The number of carbonyl (C=O) groups is 3. The van der Waals surface area contributed by atoms with Gasteiger partial charge in [0.15, 0.2) is 0 Å². The van der Waals surface area contributed by atoms with Crippen LogP contribution in [0.4, 0.5) is 15.3 Å². The fraction of sp³-hybridized carbons (Fsp3) is 0.609. The maximum atomic E-state index is 13.7. The van der Waals surface area contributed by atoms with Crippen LogP contribution in [0.3, 0.4) is 0 Å². The average Bonchev–Trinajstić information content (AvgIpc) is 3.20. The van der Waals surface area contributed by atoms with Crippen molar-refractivity contribution < 1.29 is 23.9 Å². The summed E-state index contributed by atoms with van der Waals surface area (Å²) in [5, 5.41) is 2.67. The van der Waals surface area contributed by atoms with Gasteiger partial charge in [-0.15, -0.1) is 0 Å². The first-order valence-corrected chi connectivity index (χ1v) is 10.9. The summed E-state index contributed by atoms with van der Waals surface area (Å²) in [4.78, 5) is 41.2. The van der Waals surface area contributed by atoms with Gasteiger partial charge in [-0.3, -0.25) is 4.79 Å². The fourth-order valence-electron chi connectivity index (χ4n) is 4.83. The molecule has 8 nitrogen and oxygen atoms in total. The number of para-hydroxylation sites is 1. The molecule has 4 rings (SSSR count). The number of rotatable bonds is 3. The van der Waals surface area contributed by atoms with Gasteiger partial charge in [-0.2, -0.15) is 0 Å². The number of benzene rings is 1. The number of amides is 3. The van der Waals surface area contributed by atoms with Crippen LogP contribution in [-0.4, -0.2) is 60.4 Å². The molecule has 0 saturated carbocycles. The Morgan fingerprint density at radius 1 is 1.23 bits per heavy atom. The molecule has 1 N–H and O–H groups in total. The molecule has 3 heterocycles. The number of cyclic esters (lactones) is 1. The van der Waals surface area contributed by atoms with Gasteiger partial charge in [-0.25, -0.2) is 9.59 Å². The van der Waals surface area contributed by atoms with Crippen LogP contribution in [0.15, 0.2) is 24.3 Å². The van der Waals surface area contributed by atoms with Crippen LogP contribution in [0.1, 0.15) is 52.5 Å². The summed E-state index contributed by atoms with van der Waals surface area (Å²) in [5.41, 5.74) is 0.606. The SMILES string of the molecule is CC(C)(C)OC(=O)N1CCC(N2C(=O)C(C)(CC3CNC(=O)O3)c3ccccc32)CC1. The number of nitrogens with zero attached hydrogens (tertiary/aromatic N) is 2. The molecule has 2 fully saturated rings. The molecule has 1 aromatic carbocycles. The van der Waals surface area contributed by atoms with Crippen molar-refractivity contribution in [3.8, 4) is 0 Å². The van der Waals surface area contributed by atoms with Gasteiger partial charge in [0.05, 0.1) is 12.0 Å². The zero-order valence-electron chi connectivity index (χ0n) is 18.6. The fourth-order valence-corrected chi connectivity index (χ4v) is 4.83. The van der Waals surface area contributed by atoms with Crippen molar-refractivity contribution >= 4 is 23.8 Å². The van der Waals surface area contributed by atoms with Crippen molar-refractivity contribution in [2.24, 2.45) is 0 Å². The molecule has 3 aliphatic rings. The Kier molecular flexibility index (Phi) is 5.35. The second-order valence-electron chi connectivity index (χ2n) is 9.84. The van der Waals surface area contributed by atoms with Crippen LogP contribution in [0.5, 0.6) is 0 Å². The number of piperidine rings is 1. The van der Waals surface area contributed by atoms with Gasteiger partial charge in [0.1, 0.15) is 11.7 Å². The van der Waals surface area contributed by atoms with E-state index in [1.165, 1.54) is 0 Å². The van der Waals surface area contributed by atoms with Crippen LogP contribution in [0, 0.1) is 0 Å². The highest BCUT2D eigenvalue weighted by atomic mass is 16.6. The third-order valence-corrected chi connectivity index (χ3v) is 6.31. The normalized spacial score (nSPS) is 26.5. The molecule has 31 heavy (non-hydrogen) atoms. The number of hydrogen-bond donors (Lipinski definition) is 1. The van der Waals surface area contributed by atoms with Crippen molar-refractivity contribution in [3.05, 3.63) is 29.8 Å². The molecule has 168 valence electrons. The zero-order chi connectivity index (χ0) is 22.4. The van der Waals surface area contributed by atoms with Crippen LogP contribution in [-0.2, 0) is 19.7 Å². The quantitative estimate of drug-likeness (QED) is 0.797. The van der Waals surface area contributed by atoms with E-state index in [2.05, 4.69) is 5.32 Å². The molecule has 0 bridgehead atoms. The number of fused-ring (bicyclic) bond motifs is 1. The lowest BCUT2D eigenvalue weighted by Crippen LogP contribution is -2.51. The minimum Gasteiger partial charge on any atom is -0.444 e. The summed E-state index contributed by atoms with van der Waals surface area (Å²) < 4.78 is 10.8. The number of anilines is 1. The Hall–Kier alpha value is -2.77. The van der Waals surface area contributed by atoms with E-state index in [1.54, 1.807) is 4.90 Å². The third kappa shape index (κ3) is 4.07. The summed E-state index contributed by atoms with van der Waals surface area (Å²) in [6, 6.07) is 7.87. The maximum Gasteiger partial charge on any atom is 0.410 e. The van der Waals surface area contributed by atoms with Crippen molar-refractivity contribution in [3.63, 3.8) is 0 Å². The summed E-state index contributed by atoms with van der Waals surface area (Å²) in [7, 11) is 0. The molecule has 2 atom stereocenters. The number of hydrogen-bond acceptors (Lipinski definition) is 5. The van der Waals surface area contributed by atoms with Gasteiger partial charge in [-0.1, -0.05) is 18.2 Å². The molecule has 2 saturated heterocycles. The lowest BCUT2D eigenvalue weighted by Gasteiger charge is -2.38. The number of ether oxygens (including phenoxy) is 2. The van der Waals surface area contributed by atoms with Crippen molar-refractivity contribution in [1.29, 1.82) is 0 Å². The third-order valence-electron chi connectivity index (χ3n) is 6.31. The van der Waals surface area contributed by atoms with E-state index in [4.69, 9.17) is 9.47 Å². The molecular weight excluding hydrogens is 398 g/mol. The zero-order valence-corrected chi connectivity index (χ0v) is 18.6. The average molecular weight is 430 g/mol. The highest BCUT2D eigenvalue weighted by molar-refractivity contribution is 6.08. The Balaban J connectivity index is 1.50. The van der Waals surface area contributed by atoms with E-state index in [9.17, 15) is 14.4 Å². The Morgan fingerprint density at radius 2 is 1.90 bits per heavy atom. The van der Waals surface area contributed by atoms with Gasteiger partial charge in [0.25, 0.3) is 0 Å². The van der Waals surface area contributed by atoms with E-state index in [0.29, 0.717) is 38.9 Å². The van der Waals surface area contributed by atoms with Gasteiger partial charge in [0, 0.05) is 31.2 Å². The summed E-state index contributed by atoms with van der Waals surface area (Å²) in [5.74, 6) is 0.0346. The Bertz CT molecular complexity index is 887. The minimum atomic E-state index is -0.754. The number of carbonyl (C=O) groups excluding carboxylic acids is 3. The monoisotopic (exact) mass is 429 g/mol. The maximum absolute atomic E-state index is 13.7. The molecule has 0 radical (unpaired) electrons. The van der Waals surface area contributed by atoms with Crippen LogP contribution in [0.25, 0.3) is 0 Å². The molecule has 3 amide bonds. The smallest absolute Gasteiger partial charge is 0.410 e. The van der Waals surface area contributed by atoms with E-state index >= 15 is 0 Å². The van der Waals surface area contributed by atoms with Gasteiger partial charge in [0.2, 0.25) is 5.91 Å². The van der Waals surface area contributed by atoms with E-state index in [0.717, 1.165) is 11.3 Å². The van der Waals surface area contributed by atoms with Gasteiger partial charge < -0.3 is 24.6 Å². The standard InChI is InChI=1S/C23H31N3O5/c1-22(2,3)31-21(29)25-11-9-15(10-12-25)26-18-8-6-5-7-17(18)23(4,19(26)27)13-16-14-24-20(28)30-16/h5-8,15-16H,9-14H2,1-4H3,(H,24,28). The predicted molar refractivity (Wildman–Crippen MR) is 115 cm³/mol. The molecule has 2 unspecified atom stereocenters. The molecule has 8 heteroatoms. The first-order valence-electron chi connectivity index (χ1n) is 10.9. The lowest BCUT2D eigenvalue weighted by molar-refractivity contribution is -0.124. The van der Waals surface area contributed by atoms with Crippen LogP contribution in [0.2, 0.25) is 0 Å². The van der Waals surface area contributed by atoms with Crippen LogP contribution >= 0.6 is 0 Å². The van der Waals surface area contributed by atoms with E-state index in [1.807, 2.05) is 56.9 Å². The molecule has 0 aromatic heterocycles. The molecule has 0 aliphatic carbocycles. The predicted octanol–water partition coefficient (Wildman–Crippen LogP) is 3.19. The first-order chi connectivity index (χ1) is 14.6. The van der Waals surface area contributed by atoms with Gasteiger partial charge >= 0.3 is 12.2 Å². The second kappa shape index (κ2) is 7.73. The first kappa shape index (κ1) is 21.5. The van der Waals surface area contributed by atoms with E-state index < -0.39 is 17.1 Å². The molecular formula is C23H31N3O5. The summed E-state index contributed by atoms with van der Waals surface area (Å²) in [6.45, 7) is 9.02. The highest BCUT2D eigenvalue weighted by Gasteiger charge is 2.51. The Morgan fingerprint density at radius 3 is 2.52 bits per heavy atom. The van der Waals surface area contributed by atoms with Crippen molar-refractivity contribution in [2.45, 2.75) is 70.1 Å². The van der Waals surface area contributed by atoms with E-state index in [-0.39, 0.29) is 24.1 Å². The van der Waals surface area contributed by atoms with Crippen molar-refractivity contribution in [2.75, 3.05) is 24.5 Å². The minimum absolute atomic E-state index is 0.0124. The van der Waals surface area contributed by atoms with Crippen molar-refractivity contribution in [1.82, 2.24) is 10.2 Å². The Labute approximate surface area is 182 Å². The largest absolute Gasteiger partial charge is 0.444 e. The molecule has 3 aliphatic heterocycles. The molecule has 0 spiro atoms. The highest BCUT2D eigenvalue weighted by Crippen LogP contribution is 2.46. The van der Waals surface area contributed by atoms with Crippen LogP contribution < -0.4 is 10.2 Å². The lowest BCUT2D eigenvalue weighted by atomic mass is 9.79. The number of alkyl carbamates (subject to hydrolysis) is 1. The summed E-state index contributed by atoms with van der Waals surface area (Å²) >= 11 is 0. The summed E-state index contributed by atoms with van der Waals surface area (Å²) in [6.07, 6.45) is 0.751. The molecule has 1 aromatic rings. The topological polar surface area (TPSA) is 88.2 Å². The second-order valence-corrected chi connectivity index (χ2v) is 9.84. The van der Waals surface area contributed by atoms with Gasteiger partial charge in [-0.05, 0) is 52.2 Å².